The van der Waals surface area contributed by atoms with E-state index in [1.165, 1.54) is 44.5 Å². The number of hydrogen-bond donors (Lipinski definition) is 0. The summed E-state index contributed by atoms with van der Waals surface area (Å²) >= 11 is -0.199. The van der Waals surface area contributed by atoms with Gasteiger partial charge in [-0.15, -0.1) is 0 Å². The number of benzene rings is 4. The quantitative estimate of drug-likeness (QED) is 0.0871. The van der Waals surface area contributed by atoms with Crippen LogP contribution in [0.15, 0.2) is 66.7 Å². The first-order valence-electron chi connectivity index (χ1n) is 27.1. The summed E-state index contributed by atoms with van der Waals surface area (Å²) in [4.78, 5) is 0. The summed E-state index contributed by atoms with van der Waals surface area (Å²) in [6.45, 7) is 77.5. The summed E-state index contributed by atoms with van der Waals surface area (Å²) < 4.78 is 3.99. The van der Waals surface area contributed by atoms with Gasteiger partial charge in [-0.1, -0.05) is 0 Å². The molecule has 4 aromatic carbocycles. The molecule has 0 aromatic heterocycles. The van der Waals surface area contributed by atoms with Gasteiger partial charge in [0.25, 0.3) is 0 Å². The molecule has 0 radical (unpaired) electrons. The van der Waals surface area contributed by atoms with Crippen LogP contribution < -0.4 is 7.16 Å². The van der Waals surface area contributed by atoms with E-state index in [4.69, 9.17) is 0 Å². The Morgan fingerprint density at radius 3 is 0.913 bits per heavy atom. The van der Waals surface area contributed by atoms with Crippen LogP contribution in [0.5, 0.6) is 0 Å². The molecule has 0 fully saturated rings. The predicted octanol–water partition coefficient (Wildman–Crippen LogP) is 18.3. The second kappa shape index (κ2) is 21.5. The van der Waals surface area contributed by atoms with Gasteiger partial charge in [0, 0.05) is 0 Å². The Labute approximate surface area is 451 Å². The third-order valence-electron chi connectivity index (χ3n) is 15.9. The van der Waals surface area contributed by atoms with E-state index in [9.17, 15) is 0 Å². The molecule has 4 aromatic rings. The van der Waals surface area contributed by atoms with Gasteiger partial charge in [0.2, 0.25) is 0 Å². The molecule has 0 aliphatic rings. The Balaban J connectivity index is 2.59. The molecule has 0 aliphatic heterocycles. The van der Waals surface area contributed by atoms with E-state index in [2.05, 4.69) is 277 Å². The van der Waals surface area contributed by atoms with Crippen molar-refractivity contribution < 1.29 is 0 Å². The normalized spacial score (nSPS) is 14.1. The van der Waals surface area contributed by atoms with Gasteiger partial charge < -0.3 is 0 Å². The molecule has 4 rings (SSSR count). The molecule has 0 heterocycles. The van der Waals surface area contributed by atoms with Crippen molar-refractivity contribution in [3.05, 3.63) is 106 Å². The molecule has 0 atom stereocenters. The zero-order chi connectivity index (χ0) is 53.3. The van der Waals surface area contributed by atoms with Crippen molar-refractivity contribution in [2.24, 2.45) is 0 Å². The second-order valence-corrected chi connectivity index (χ2v) is 82.4. The zero-order valence-electron chi connectivity index (χ0n) is 50.2. The molecule has 0 saturated carbocycles. The van der Waals surface area contributed by atoms with Gasteiger partial charge in [0.05, 0.1) is 0 Å². The fourth-order valence-electron chi connectivity index (χ4n) is 15.5. The zero-order valence-corrected chi connectivity index (χ0v) is 62.4. The topological polar surface area (TPSA) is 0 Å². The van der Waals surface area contributed by atoms with E-state index in [0.29, 0.717) is 38.3 Å². The van der Waals surface area contributed by atoms with Crippen molar-refractivity contribution in [1.82, 2.24) is 0 Å². The summed E-state index contributed by atoms with van der Waals surface area (Å²) in [6, 6.07) is 29.0. The SMILES string of the molecule is CC(C)c1ccc(-c2cccc(-c3ccc(C(C)C)cc3C(C)C)[c]2[Sn](=[Te])[c]2c(C([Si](C)(C)C)[Si](C)(C)C)cc(C([Si](C)(C)C)([Si](C)(C)C)[Si](C)(C)C)cc2C([Si](C)(C)C)[Si](C)(C)C)c(C(C)C)c1. The van der Waals surface area contributed by atoms with Crippen LogP contribution in [-0.2, 0) is 4.28 Å². The molecule has 9 heteroatoms. The summed E-state index contributed by atoms with van der Waals surface area (Å²) in [7, 11) is -12.7. The van der Waals surface area contributed by atoms with E-state index >= 15 is 0 Å². The van der Waals surface area contributed by atoms with Gasteiger partial charge in [-0.05, 0) is 0 Å². The summed E-state index contributed by atoms with van der Waals surface area (Å²) in [5, 5.41) is 1.32. The van der Waals surface area contributed by atoms with Crippen LogP contribution in [-0.4, -0.2) is 89.5 Å². The molecule has 0 aliphatic carbocycles. The van der Waals surface area contributed by atoms with Crippen LogP contribution >= 0.6 is 0 Å². The van der Waals surface area contributed by atoms with Crippen LogP contribution in [0.2, 0.25) is 137 Å². The van der Waals surface area contributed by atoms with Crippen molar-refractivity contribution in [3.8, 4) is 22.3 Å². The summed E-state index contributed by atoms with van der Waals surface area (Å²) in [5.41, 5.74) is 17.5. The maximum atomic E-state index is 3.07. The van der Waals surface area contributed by atoms with Crippen LogP contribution in [0.4, 0.5) is 0 Å². The van der Waals surface area contributed by atoms with Crippen molar-refractivity contribution in [2.45, 2.75) is 231 Å². The Bertz CT molecular complexity index is 2280. The Kier molecular flexibility index (Phi) is 19.2. The molecule has 0 saturated heterocycles. The van der Waals surface area contributed by atoms with Gasteiger partial charge in [0.15, 0.2) is 0 Å². The minimum atomic E-state index is -2.98. The first kappa shape index (κ1) is 61.5. The Hall–Kier alpha value is -0.0135. The molecule has 0 unspecified atom stereocenters. The molecule has 0 amide bonds. The molecule has 0 bridgehead atoms. The van der Waals surface area contributed by atoms with E-state index < -0.39 is 71.8 Å². The number of rotatable bonds is 18. The van der Waals surface area contributed by atoms with E-state index in [0.717, 1.165) is 0 Å². The van der Waals surface area contributed by atoms with E-state index in [1.54, 1.807) is 3.58 Å². The van der Waals surface area contributed by atoms with Crippen LogP contribution in [0, 0.1) is 0 Å². The molecule has 382 valence electrons. The van der Waals surface area contributed by atoms with Gasteiger partial charge in [-0.3, -0.25) is 0 Å². The first-order valence-corrected chi connectivity index (χ1v) is 63.7. The van der Waals surface area contributed by atoms with Crippen molar-refractivity contribution >= 4 is 96.6 Å². The van der Waals surface area contributed by atoms with Gasteiger partial charge in [-0.2, -0.15) is 0 Å². The monoisotopic (exact) mass is 1270 g/mol. The average molecular weight is 1270 g/mol. The third kappa shape index (κ3) is 12.6. The molecule has 0 nitrogen and oxygen atoms in total. The second-order valence-electron chi connectivity index (χ2n) is 30.2. The summed E-state index contributed by atoms with van der Waals surface area (Å²) in [5.74, 6) is 1.83. The molecular formula is C60H104Si7SnTe. The fourth-order valence-corrected chi connectivity index (χ4v) is 87.4. The fraction of sp³-hybridized carbons (Fsp3) is 0.600. The van der Waals surface area contributed by atoms with Gasteiger partial charge in [0.1, 0.15) is 0 Å². The maximum absolute atomic E-state index is 3.07. The third-order valence-corrected chi connectivity index (χ3v) is 69.2. The molecule has 0 N–H and O–H groups in total. The predicted molar refractivity (Wildman–Crippen MR) is 341 cm³/mol. The van der Waals surface area contributed by atoms with Crippen molar-refractivity contribution in [2.75, 3.05) is 0 Å². The standard InChI is InChI=1S/C30H67Si7.C30H37.Sn.Te/c1-31(2,3)28(32(4,5)6)25-22-26(29(33(7,8)9)34(10,11)12)24-27(23-25)30(35(13,14)15,36(16,17)18)37(19,20)21;1-19(2)23-12-14-27(29(17-23)21(5)6)25-10-9-11-26(16-25)28-15-13-24(20(3)4)18-30(28)22(7)8;;/h23-24,28-29H,1-21H3;9-15,17-22H,1-8H3;;. The molecule has 0 spiro atoms. The summed E-state index contributed by atoms with van der Waals surface area (Å²) in [6.07, 6.45) is 0. The Morgan fingerprint density at radius 1 is 0.362 bits per heavy atom. The van der Waals surface area contributed by atoms with Crippen LogP contribution in [0.3, 0.4) is 0 Å². The average Bonchev–Trinajstić information content (AvgIpc) is 3.12. The minimum absolute atomic E-state index is 0.303. The van der Waals surface area contributed by atoms with E-state index in [-0.39, 0.29) is 0 Å². The van der Waals surface area contributed by atoms with Gasteiger partial charge >= 0.3 is 456 Å². The van der Waals surface area contributed by atoms with Crippen LogP contribution in [0.1, 0.15) is 128 Å². The molecule has 69 heavy (non-hydrogen) atoms. The van der Waals surface area contributed by atoms with E-state index in [1.807, 2.05) is 20.3 Å². The van der Waals surface area contributed by atoms with Crippen molar-refractivity contribution in [1.29, 1.82) is 0 Å². The number of hydrogen-bond acceptors (Lipinski definition) is 0. The van der Waals surface area contributed by atoms with Gasteiger partial charge in [-0.25, -0.2) is 0 Å². The Morgan fingerprint density at radius 2 is 0.667 bits per heavy atom. The first-order chi connectivity index (χ1) is 30.9. The van der Waals surface area contributed by atoms with Crippen LogP contribution in [0.25, 0.3) is 22.3 Å². The molecular weight excluding hydrogens is 1160 g/mol. The van der Waals surface area contributed by atoms with Crippen molar-refractivity contribution in [3.63, 3.8) is 0 Å².